The fourth-order valence-electron chi connectivity index (χ4n) is 2.60. The van der Waals surface area contributed by atoms with Crippen molar-refractivity contribution in [3.63, 3.8) is 0 Å². The van der Waals surface area contributed by atoms with E-state index in [4.69, 9.17) is 5.73 Å². The van der Waals surface area contributed by atoms with Crippen molar-refractivity contribution in [2.24, 2.45) is 11.7 Å². The van der Waals surface area contributed by atoms with Crippen LogP contribution in [0.5, 0.6) is 0 Å². The molecule has 0 saturated heterocycles. The van der Waals surface area contributed by atoms with Crippen LogP contribution in [0, 0.1) is 5.92 Å². The number of anilines is 1. The summed E-state index contributed by atoms with van der Waals surface area (Å²) in [7, 11) is 0. The highest BCUT2D eigenvalue weighted by Gasteiger charge is 2.21. The molecule has 1 fully saturated rings. The summed E-state index contributed by atoms with van der Waals surface area (Å²) in [5, 5.41) is 3.47. The third kappa shape index (κ3) is 2.99. The molecule has 0 radical (unpaired) electrons. The van der Waals surface area contributed by atoms with Crippen molar-refractivity contribution in [1.82, 2.24) is 0 Å². The van der Waals surface area contributed by atoms with Gasteiger partial charge in [-0.3, -0.25) is 4.79 Å². The number of hydrogen-bond acceptors (Lipinski definition) is 2. The molecule has 3 N–H and O–H groups in total. The van der Waals surface area contributed by atoms with E-state index >= 15 is 0 Å². The molecule has 0 aromatic heterocycles. The van der Waals surface area contributed by atoms with Crippen LogP contribution in [0.2, 0.25) is 0 Å². The summed E-state index contributed by atoms with van der Waals surface area (Å²) in [5.74, 6) is 0.384. The Morgan fingerprint density at radius 1 is 1.41 bits per heavy atom. The summed E-state index contributed by atoms with van der Waals surface area (Å²) in [6.07, 6.45) is 5.31. The molecule has 1 atom stereocenters. The number of carbonyl (C=O) groups is 1. The standard InChI is InChI=1S/C14H20N2O/c1-10(11-5-2-3-6-11)16-13-8-4-7-12(9-13)14(15)17/h4,7-11,16H,2-3,5-6H2,1H3,(H2,15,17). The Balaban J connectivity index is 2.02. The van der Waals surface area contributed by atoms with Gasteiger partial charge < -0.3 is 11.1 Å². The fourth-order valence-corrected chi connectivity index (χ4v) is 2.60. The first kappa shape index (κ1) is 12.0. The molecule has 3 nitrogen and oxygen atoms in total. The van der Waals surface area contributed by atoms with Gasteiger partial charge in [-0.25, -0.2) is 0 Å². The lowest BCUT2D eigenvalue weighted by Gasteiger charge is -2.21. The maximum atomic E-state index is 11.1. The Bertz CT molecular complexity index is 397. The monoisotopic (exact) mass is 232 g/mol. The third-order valence-corrected chi connectivity index (χ3v) is 3.65. The second-order valence-electron chi connectivity index (χ2n) is 4.92. The Morgan fingerprint density at radius 2 is 2.12 bits per heavy atom. The van der Waals surface area contributed by atoms with Crippen LogP contribution < -0.4 is 11.1 Å². The maximum Gasteiger partial charge on any atom is 0.248 e. The number of primary amides is 1. The smallest absolute Gasteiger partial charge is 0.248 e. The zero-order chi connectivity index (χ0) is 12.3. The van der Waals surface area contributed by atoms with E-state index in [9.17, 15) is 4.79 Å². The first-order valence-corrected chi connectivity index (χ1v) is 6.33. The molecule has 3 heteroatoms. The van der Waals surface area contributed by atoms with Gasteiger partial charge in [0.05, 0.1) is 0 Å². The molecular weight excluding hydrogens is 212 g/mol. The van der Waals surface area contributed by atoms with Crippen molar-refractivity contribution in [1.29, 1.82) is 0 Å². The lowest BCUT2D eigenvalue weighted by atomic mass is 9.99. The Hall–Kier alpha value is -1.51. The summed E-state index contributed by atoms with van der Waals surface area (Å²) < 4.78 is 0. The summed E-state index contributed by atoms with van der Waals surface area (Å²) in [6, 6.07) is 7.88. The maximum absolute atomic E-state index is 11.1. The van der Waals surface area contributed by atoms with Crippen LogP contribution in [0.3, 0.4) is 0 Å². The SMILES string of the molecule is CC(Nc1cccc(C(N)=O)c1)C1CCCC1. The lowest BCUT2D eigenvalue weighted by molar-refractivity contribution is 0.100. The zero-order valence-electron chi connectivity index (χ0n) is 10.3. The largest absolute Gasteiger partial charge is 0.382 e. The molecule has 0 aliphatic heterocycles. The van der Waals surface area contributed by atoms with Crippen molar-refractivity contribution >= 4 is 11.6 Å². The summed E-state index contributed by atoms with van der Waals surface area (Å²) >= 11 is 0. The quantitative estimate of drug-likeness (QED) is 0.838. The van der Waals surface area contributed by atoms with Crippen LogP contribution in [0.4, 0.5) is 5.69 Å². The van der Waals surface area contributed by atoms with Gasteiger partial charge in [-0.05, 0) is 43.9 Å². The van der Waals surface area contributed by atoms with E-state index in [1.165, 1.54) is 25.7 Å². The minimum Gasteiger partial charge on any atom is -0.382 e. The summed E-state index contributed by atoms with van der Waals surface area (Å²) in [6.45, 7) is 2.22. The summed E-state index contributed by atoms with van der Waals surface area (Å²) in [5.41, 5.74) is 6.82. The van der Waals surface area contributed by atoms with Crippen molar-refractivity contribution < 1.29 is 4.79 Å². The predicted octanol–water partition coefficient (Wildman–Crippen LogP) is 2.78. The molecule has 17 heavy (non-hydrogen) atoms. The van der Waals surface area contributed by atoms with Crippen molar-refractivity contribution in [3.8, 4) is 0 Å². The van der Waals surface area contributed by atoms with E-state index in [0.29, 0.717) is 11.6 Å². The Kier molecular flexibility index (Phi) is 3.67. The molecule has 1 saturated carbocycles. The van der Waals surface area contributed by atoms with Crippen molar-refractivity contribution in [2.45, 2.75) is 38.6 Å². The van der Waals surface area contributed by atoms with Crippen molar-refractivity contribution in [3.05, 3.63) is 29.8 Å². The second kappa shape index (κ2) is 5.21. The van der Waals surface area contributed by atoms with Gasteiger partial charge in [-0.2, -0.15) is 0 Å². The minimum atomic E-state index is -0.373. The molecule has 1 aliphatic carbocycles. The van der Waals surface area contributed by atoms with Crippen molar-refractivity contribution in [2.75, 3.05) is 5.32 Å². The Labute approximate surface area is 102 Å². The van der Waals surface area contributed by atoms with Gasteiger partial charge in [-0.15, -0.1) is 0 Å². The van der Waals surface area contributed by atoms with Gasteiger partial charge in [-0.1, -0.05) is 18.9 Å². The number of amides is 1. The van der Waals surface area contributed by atoms with E-state index < -0.39 is 0 Å². The molecule has 1 aromatic carbocycles. The van der Waals surface area contributed by atoms with E-state index in [2.05, 4.69) is 12.2 Å². The van der Waals surface area contributed by atoms with Gasteiger partial charge in [0, 0.05) is 17.3 Å². The molecular formula is C14H20N2O. The number of nitrogens with one attached hydrogen (secondary N) is 1. The third-order valence-electron chi connectivity index (χ3n) is 3.65. The van der Waals surface area contributed by atoms with Gasteiger partial charge in [0.2, 0.25) is 5.91 Å². The van der Waals surface area contributed by atoms with Gasteiger partial charge in [0.1, 0.15) is 0 Å². The average Bonchev–Trinajstić information content (AvgIpc) is 2.82. The molecule has 0 bridgehead atoms. The van der Waals surface area contributed by atoms with Crippen LogP contribution in [-0.4, -0.2) is 11.9 Å². The van der Waals surface area contributed by atoms with Gasteiger partial charge in [0.15, 0.2) is 0 Å². The van der Waals surface area contributed by atoms with Crippen LogP contribution in [0.15, 0.2) is 24.3 Å². The summed E-state index contributed by atoms with van der Waals surface area (Å²) in [4.78, 5) is 11.1. The van der Waals surface area contributed by atoms with Crippen LogP contribution >= 0.6 is 0 Å². The molecule has 92 valence electrons. The van der Waals surface area contributed by atoms with E-state index in [1.54, 1.807) is 6.07 Å². The van der Waals surface area contributed by atoms with Gasteiger partial charge in [0.25, 0.3) is 0 Å². The van der Waals surface area contributed by atoms with E-state index in [-0.39, 0.29) is 5.91 Å². The van der Waals surface area contributed by atoms with Crippen LogP contribution in [0.1, 0.15) is 43.0 Å². The molecule has 1 amide bonds. The number of hydrogen-bond donors (Lipinski definition) is 2. The minimum absolute atomic E-state index is 0.373. The van der Waals surface area contributed by atoms with Crippen LogP contribution in [-0.2, 0) is 0 Å². The molecule has 0 heterocycles. The normalized spacial score (nSPS) is 17.9. The number of rotatable bonds is 4. The first-order valence-electron chi connectivity index (χ1n) is 6.33. The number of carbonyl (C=O) groups excluding carboxylic acids is 1. The number of nitrogens with two attached hydrogens (primary N) is 1. The second-order valence-corrected chi connectivity index (χ2v) is 4.92. The lowest BCUT2D eigenvalue weighted by Crippen LogP contribution is -2.24. The average molecular weight is 232 g/mol. The van der Waals surface area contributed by atoms with Crippen LogP contribution in [0.25, 0.3) is 0 Å². The van der Waals surface area contributed by atoms with E-state index in [1.807, 2.05) is 18.2 Å². The highest BCUT2D eigenvalue weighted by Crippen LogP contribution is 2.29. The molecule has 1 unspecified atom stereocenters. The number of benzene rings is 1. The van der Waals surface area contributed by atoms with E-state index in [0.717, 1.165) is 11.6 Å². The highest BCUT2D eigenvalue weighted by atomic mass is 16.1. The first-order chi connectivity index (χ1) is 8.16. The van der Waals surface area contributed by atoms with Gasteiger partial charge >= 0.3 is 0 Å². The molecule has 2 rings (SSSR count). The highest BCUT2D eigenvalue weighted by molar-refractivity contribution is 5.93. The fraction of sp³-hybridized carbons (Fsp3) is 0.500. The predicted molar refractivity (Wildman–Crippen MR) is 70.0 cm³/mol. The topological polar surface area (TPSA) is 55.1 Å². The molecule has 0 spiro atoms. The Morgan fingerprint density at radius 3 is 2.76 bits per heavy atom. The molecule has 1 aromatic rings. The zero-order valence-corrected chi connectivity index (χ0v) is 10.3. The molecule has 1 aliphatic rings.